The molecule has 1 aromatic heterocycles. The van der Waals surface area contributed by atoms with Crippen molar-refractivity contribution in [2.45, 2.75) is 12.8 Å². The number of benzene rings is 1. The van der Waals surface area contributed by atoms with Crippen LogP contribution in [0.5, 0.6) is 0 Å². The van der Waals surface area contributed by atoms with Gasteiger partial charge in [0.25, 0.3) is 5.56 Å². The molecule has 2 rings (SSSR count). The van der Waals surface area contributed by atoms with Gasteiger partial charge >= 0.3 is 0 Å². The summed E-state index contributed by atoms with van der Waals surface area (Å²) in [4.78, 5) is 17.7. The molecule has 5 heteroatoms. The van der Waals surface area contributed by atoms with E-state index in [0.29, 0.717) is 12.1 Å². The molecule has 0 saturated heterocycles. The van der Waals surface area contributed by atoms with Gasteiger partial charge < -0.3 is 5.73 Å². The number of nitrogen functional groups attached to an aromatic ring is 1. The molecule has 0 spiro atoms. The van der Waals surface area contributed by atoms with E-state index in [1.54, 1.807) is 0 Å². The predicted octanol–water partition coefficient (Wildman–Crippen LogP) is 1.90. The van der Waals surface area contributed by atoms with Crippen LogP contribution in [0.25, 0.3) is 0 Å². The maximum absolute atomic E-state index is 11.2. The molecule has 0 saturated carbocycles. The van der Waals surface area contributed by atoms with Gasteiger partial charge in [0.1, 0.15) is 0 Å². The minimum atomic E-state index is -0.207. The fourth-order valence-corrected chi connectivity index (χ4v) is 2.07. The molecule has 0 amide bonds. The quantitative estimate of drug-likeness (QED) is 0.908. The zero-order valence-electron chi connectivity index (χ0n) is 9.11. The lowest BCUT2D eigenvalue weighted by Crippen LogP contribution is -2.12. The Morgan fingerprint density at radius 3 is 2.82 bits per heavy atom. The Morgan fingerprint density at radius 1 is 1.29 bits per heavy atom. The molecule has 88 valence electrons. The van der Waals surface area contributed by atoms with Gasteiger partial charge in [-0.2, -0.15) is 0 Å². The molecule has 0 unspecified atom stereocenters. The summed E-state index contributed by atoms with van der Waals surface area (Å²) in [6.45, 7) is 0. The number of nitrogens with one attached hydrogen (secondary N) is 1. The number of aromatic nitrogens is 2. The Labute approximate surface area is 107 Å². The number of H-pyrrole nitrogens is 1. The van der Waals surface area contributed by atoms with Crippen LogP contribution in [0.1, 0.15) is 11.3 Å². The highest BCUT2D eigenvalue weighted by atomic mass is 79.9. The maximum Gasteiger partial charge on any atom is 0.252 e. The molecule has 0 radical (unpaired) electrons. The number of rotatable bonds is 3. The van der Waals surface area contributed by atoms with E-state index in [-0.39, 0.29) is 11.5 Å². The lowest BCUT2D eigenvalue weighted by molar-refractivity contribution is 0.898. The van der Waals surface area contributed by atoms with E-state index >= 15 is 0 Å². The van der Waals surface area contributed by atoms with Crippen molar-refractivity contribution >= 4 is 21.9 Å². The summed E-state index contributed by atoms with van der Waals surface area (Å²) in [7, 11) is 0. The first kappa shape index (κ1) is 11.9. The Hall–Kier alpha value is -1.62. The Kier molecular flexibility index (Phi) is 3.58. The van der Waals surface area contributed by atoms with Crippen LogP contribution in [0.4, 0.5) is 5.95 Å². The van der Waals surface area contributed by atoms with Gasteiger partial charge in [-0.15, -0.1) is 0 Å². The molecule has 0 aliphatic heterocycles. The smallest absolute Gasteiger partial charge is 0.252 e. The average molecular weight is 294 g/mol. The molecule has 1 aromatic carbocycles. The summed E-state index contributed by atoms with van der Waals surface area (Å²) in [6, 6.07) is 9.54. The van der Waals surface area contributed by atoms with E-state index < -0.39 is 0 Å². The third-order valence-electron chi connectivity index (χ3n) is 2.37. The van der Waals surface area contributed by atoms with Crippen molar-refractivity contribution in [2.75, 3.05) is 5.73 Å². The summed E-state index contributed by atoms with van der Waals surface area (Å²) in [5, 5.41) is 0. The molecule has 2 aromatic rings. The number of nitrogens with two attached hydrogens (primary N) is 1. The molecule has 4 nitrogen and oxygen atoms in total. The Bertz CT molecular complexity index is 580. The molecule has 0 bridgehead atoms. The number of hydrogen-bond donors (Lipinski definition) is 2. The summed E-state index contributed by atoms with van der Waals surface area (Å²) < 4.78 is 1.05. The number of halogens is 1. The molecule has 0 aliphatic carbocycles. The van der Waals surface area contributed by atoms with Crippen LogP contribution in [0.2, 0.25) is 0 Å². The van der Waals surface area contributed by atoms with Crippen molar-refractivity contribution in [1.29, 1.82) is 0 Å². The Balaban J connectivity index is 2.09. The van der Waals surface area contributed by atoms with Crippen molar-refractivity contribution < 1.29 is 0 Å². The molecule has 0 atom stereocenters. The minimum Gasteiger partial charge on any atom is -0.369 e. The largest absolute Gasteiger partial charge is 0.369 e. The first-order valence-electron chi connectivity index (χ1n) is 5.23. The standard InChI is InChI=1S/C12H12BrN3O/c13-9-3-1-2-8(6-9)4-5-10-7-11(17)16-12(14)15-10/h1-3,6-7H,4-5H2,(H3,14,15,16,17). The van der Waals surface area contributed by atoms with E-state index in [0.717, 1.165) is 10.9 Å². The lowest BCUT2D eigenvalue weighted by Gasteiger charge is -2.02. The molecular formula is C12H12BrN3O. The van der Waals surface area contributed by atoms with Crippen molar-refractivity contribution in [2.24, 2.45) is 0 Å². The topological polar surface area (TPSA) is 71.8 Å². The monoisotopic (exact) mass is 293 g/mol. The van der Waals surface area contributed by atoms with Crippen molar-refractivity contribution in [3.8, 4) is 0 Å². The van der Waals surface area contributed by atoms with Gasteiger partial charge in [0.2, 0.25) is 5.95 Å². The second-order valence-corrected chi connectivity index (χ2v) is 4.67. The van der Waals surface area contributed by atoms with Gasteiger partial charge in [-0.1, -0.05) is 28.1 Å². The molecule has 0 fully saturated rings. The van der Waals surface area contributed by atoms with Crippen LogP contribution in [0, 0.1) is 0 Å². The highest BCUT2D eigenvalue weighted by Gasteiger charge is 2.00. The van der Waals surface area contributed by atoms with Gasteiger partial charge in [0.05, 0.1) is 5.69 Å². The molecule has 0 aliphatic rings. The Morgan fingerprint density at radius 2 is 2.12 bits per heavy atom. The predicted molar refractivity (Wildman–Crippen MR) is 70.8 cm³/mol. The highest BCUT2D eigenvalue weighted by molar-refractivity contribution is 9.10. The molecule has 17 heavy (non-hydrogen) atoms. The number of aryl methyl sites for hydroxylation is 2. The maximum atomic E-state index is 11.2. The van der Waals surface area contributed by atoms with E-state index in [2.05, 4.69) is 32.0 Å². The summed E-state index contributed by atoms with van der Waals surface area (Å²) in [5.74, 6) is 0.168. The van der Waals surface area contributed by atoms with E-state index in [9.17, 15) is 4.79 Å². The van der Waals surface area contributed by atoms with Gasteiger partial charge in [-0.25, -0.2) is 4.98 Å². The minimum absolute atomic E-state index is 0.168. The first-order valence-corrected chi connectivity index (χ1v) is 6.03. The fourth-order valence-electron chi connectivity index (χ4n) is 1.62. The van der Waals surface area contributed by atoms with Gasteiger partial charge in [-0.05, 0) is 30.5 Å². The zero-order valence-corrected chi connectivity index (χ0v) is 10.7. The lowest BCUT2D eigenvalue weighted by atomic mass is 10.1. The van der Waals surface area contributed by atoms with Crippen molar-refractivity contribution in [1.82, 2.24) is 9.97 Å². The summed E-state index contributed by atoms with van der Waals surface area (Å²) in [6.07, 6.45) is 1.53. The normalized spacial score (nSPS) is 10.4. The second-order valence-electron chi connectivity index (χ2n) is 3.75. The van der Waals surface area contributed by atoms with Crippen LogP contribution in [0.15, 0.2) is 39.6 Å². The third-order valence-corrected chi connectivity index (χ3v) is 2.87. The second kappa shape index (κ2) is 5.14. The molecule has 1 heterocycles. The van der Waals surface area contributed by atoms with E-state index in [1.165, 1.54) is 11.6 Å². The number of hydrogen-bond acceptors (Lipinski definition) is 3. The van der Waals surface area contributed by atoms with Crippen LogP contribution in [0.3, 0.4) is 0 Å². The first-order chi connectivity index (χ1) is 8.13. The summed E-state index contributed by atoms with van der Waals surface area (Å²) >= 11 is 3.42. The summed E-state index contributed by atoms with van der Waals surface area (Å²) in [5.41, 5.74) is 7.18. The van der Waals surface area contributed by atoms with Crippen LogP contribution < -0.4 is 11.3 Å². The zero-order chi connectivity index (χ0) is 12.3. The number of anilines is 1. The van der Waals surface area contributed by atoms with Crippen LogP contribution in [-0.4, -0.2) is 9.97 Å². The van der Waals surface area contributed by atoms with Crippen molar-refractivity contribution in [3.05, 3.63) is 56.4 Å². The van der Waals surface area contributed by atoms with Crippen LogP contribution in [-0.2, 0) is 12.8 Å². The number of aromatic amines is 1. The molecule has 3 N–H and O–H groups in total. The highest BCUT2D eigenvalue weighted by Crippen LogP contribution is 2.13. The fraction of sp³-hybridized carbons (Fsp3) is 0.167. The SMILES string of the molecule is Nc1nc(CCc2cccc(Br)c2)cc(=O)[nH]1. The van der Waals surface area contributed by atoms with Gasteiger partial charge in [0, 0.05) is 10.5 Å². The van der Waals surface area contributed by atoms with Gasteiger partial charge in [-0.3, -0.25) is 9.78 Å². The van der Waals surface area contributed by atoms with Crippen molar-refractivity contribution in [3.63, 3.8) is 0 Å². The van der Waals surface area contributed by atoms with Crippen LogP contribution >= 0.6 is 15.9 Å². The van der Waals surface area contributed by atoms with E-state index in [1.807, 2.05) is 18.2 Å². The average Bonchev–Trinajstić information content (AvgIpc) is 2.25. The number of nitrogens with zero attached hydrogens (tertiary/aromatic N) is 1. The third kappa shape index (κ3) is 3.42. The molecular weight excluding hydrogens is 282 g/mol. The van der Waals surface area contributed by atoms with Gasteiger partial charge in [0.15, 0.2) is 0 Å². The van der Waals surface area contributed by atoms with E-state index in [4.69, 9.17) is 5.73 Å².